The minimum Gasteiger partial charge on any atom is -0.463 e. The Morgan fingerprint density at radius 1 is 0.958 bits per heavy atom. The molecular formula is C38H49N3O7. The molecule has 0 bridgehead atoms. The second-order valence-corrected chi connectivity index (χ2v) is 12.9. The zero-order chi connectivity index (χ0) is 35.1. The van der Waals surface area contributed by atoms with Crippen LogP contribution >= 0.6 is 0 Å². The fraction of sp³-hybridized carbons (Fsp3) is 0.421. The molecule has 10 nitrogen and oxygen atoms in total. The highest BCUT2D eigenvalue weighted by Crippen LogP contribution is 2.22. The molecule has 258 valence electrons. The number of fused-ring (bicyclic) bond motifs is 1. The Hall–Kier alpha value is -4.70. The second kappa shape index (κ2) is 18.6. The van der Waals surface area contributed by atoms with Crippen LogP contribution in [0.15, 0.2) is 86.1 Å². The SMILES string of the molecule is C=CC[C@@H](CC(=O)N(CCO)Cc1ccccc1)C(=O)N[C@@H](COC(=O)[C@@H](CC=C)CC(=O)OC(C)(C)C)Cc1c[nH]c2ccccc12. The summed E-state index contributed by atoms with van der Waals surface area (Å²) in [6.07, 6.45) is 5.53. The van der Waals surface area contributed by atoms with Crippen molar-refractivity contribution in [3.05, 3.63) is 97.2 Å². The van der Waals surface area contributed by atoms with Crippen LogP contribution in [0.1, 0.15) is 57.6 Å². The lowest BCUT2D eigenvalue weighted by Gasteiger charge is -2.26. The molecule has 0 saturated heterocycles. The van der Waals surface area contributed by atoms with Crippen molar-refractivity contribution in [2.45, 2.75) is 71.1 Å². The zero-order valence-electron chi connectivity index (χ0n) is 28.3. The third-order valence-electron chi connectivity index (χ3n) is 7.71. The van der Waals surface area contributed by atoms with Crippen molar-refractivity contribution < 1.29 is 33.8 Å². The largest absolute Gasteiger partial charge is 0.463 e. The molecular weight excluding hydrogens is 610 g/mol. The van der Waals surface area contributed by atoms with Gasteiger partial charge in [-0.2, -0.15) is 0 Å². The Morgan fingerprint density at radius 2 is 1.62 bits per heavy atom. The van der Waals surface area contributed by atoms with Crippen molar-refractivity contribution in [2.75, 3.05) is 19.8 Å². The number of nitrogens with one attached hydrogen (secondary N) is 2. The lowest BCUT2D eigenvalue weighted by molar-refractivity contribution is -0.161. The van der Waals surface area contributed by atoms with Crippen LogP contribution in [0.25, 0.3) is 10.9 Å². The van der Waals surface area contributed by atoms with Crippen LogP contribution in [0, 0.1) is 11.8 Å². The van der Waals surface area contributed by atoms with E-state index in [2.05, 4.69) is 23.5 Å². The molecule has 1 aromatic heterocycles. The van der Waals surface area contributed by atoms with Gasteiger partial charge in [0.2, 0.25) is 11.8 Å². The number of hydrogen-bond donors (Lipinski definition) is 3. The molecule has 0 aliphatic heterocycles. The molecule has 0 aliphatic rings. The third-order valence-corrected chi connectivity index (χ3v) is 7.71. The maximum Gasteiger partial charge on any atom is 0.309 e. The average molecular weight is 660 g/mol. The quantitative estimate of drug-likeness (QED) is 0.118. The maximum atomic E-state index is 13.8. The van der Waals surface area contributed by atoms with Crippen molar-refractivity contribution in [1.29, 1.82) is 0 Å². The van der Waals surface area contributed by atoms with Gasteiger partial charge in [0.15, 0.2) is 0 Å². The fourth-order valence-corrected chi connectivity index (χ4v) is 5.43. The molecule has 10 heteroatoms. The van der Waals surface area contributed by atoms with Crippen molar-refractivity contribution >= 4 is 34.7 Å². The Morgan fingerprint density at radius 3 is 2.29 bits per heavy atom. The summed E-state index contributed by atoms with van der Waals surface area (Å²) >= 11 is 0. The molecule has 1 heterocycles. The number of aromatic amines is 1. The number of carbonyl (C=O) groups is 4. The Kier molecular flexibility index (Phi) is 14.6. The van der Waals surface area contributed by atoms with Gasteiger partial charge < -0.3 is 29.8 Å². The number of aliphatic hydroxyl groups is 1. The summed E-state index contributed by atoms with van der Waals surface area (Å²) in [4.78, 5) is 57.7. The van der Waals surface area contributed by atoms with Gasteiger partial charge in [0.1, 0.15) is 12.2 Å². The van der Waals surface area contributed by atoms with Crippen LogP contribution in [-0.4, -0.2) is 70.1 Å². The molecule has 2 aromatic carbocycles. The summed E-state index contributed by atoms with van der Waals surface area (Å²) in [5.41, 5.74) is 2.05. The van der Waals surface area contributed by atoms with Gasteiger partial charge in [-0.15, -0.1) is 13.2 Å². The molecule has 48 heavy (non-hydrogen) atoms. The number of benzene rings is 2. The Balaban J connectivity index is 1.77. The minimum absolute atomic E-state index is 0.0957. The minimum atomic E-state index is -0.796. The van der Waals surface area contributed by atoms with E-state index in [9.17, 15) is 24.3 Å². The van der Waals surface area contributed by atoms with Crippen LogP contribution in [-0.2, 0) is 41.6 Å². The number of aromatic nitrogens is 1. The number of ether oxygens (including phenoxy) is 2. The predicted molar refractivity (Wildman–Crippen MR) is 186 cm³/mol. The molecule has 0 unspecified atom stereocenters. The zero-order valence-corrected chi connectivity index (χ0v) is 28.3. The van der Waals surface area contributed by atoms with Gasteiger partial charge in [0.05, 0.1) is 30.9 Å². The highest BCUT2D eigenvalue weighted by Gasteiger charge is 2.29. The topological polar surface area (TPSA) is 138 Å². The summed E-state index contributed by atoms with van der Waals surface area (Å²) in [5, 5.41) is 13.6. The van der Waals surface area contributed by atoms with Crippen molar-refractivity contribution in [2.24, 2.45) is 11.8 Å². The van der Waals surface area contributed by atoms with E-state index in [4.69, 9.17) is 9.47 Å². The van der Waals surface area contributed by atoms with Gasteiger partial charge >= 0.3 is 11.9 Å². The summed E-state index contributed by atoms with van der Waals surface area (Å²) in [5.74, 6) is -3.32. The lowest BCUT2D eigenvalue weighted by atomic mass is 9.97. The first kappa shape index (κ1) is 37.8. The molecule has 0 radical (unpaired) electrons. The first-order valence-corrected chi connectivity index (χ1v) is 16.3. The summed E-state index contributed by atoms with van der Waals surface area (Å²) in [7, 11) is 0. The number of rotatable bonds is 19. The number of esters is 2. The number of H-pyrrole nitrogens is 1. The highest BCUT2D eigenvalue weighted by molar-refractivity contribution is 5.87. The van der Waals surface area contributed by atoms with Gasteiger partial charge in [-0.25, -0.2) is 0 Å². The number of hydrogen-bond acceptors (Lipinski definition) is 7. The normalized spacial score (nSPS) is 13.2. The van der Waals surface area contributed by atoms with E-state index in [1.165, 1.54) is 4.90 Å². The highest BCUT2D eigenvalue weighted by atomic mass is 16.6. The van der Waals surface area contributed by atoms with Crippen LogP contribution in [0.4, 0.5) is 0 Å². The Labute approximate surface area is 283 Å². The van der Waals surface area contributed by atoms with Gasteiger partial charge in [-0.05, 0) is 57.2 Å². The van der Waals surface area contributed by atoms with Crippen LogP contribution in [0.5, 0.6) is 0 Å². The van der Waals surface area contributed by atoms with Gasteiger partial charge in [-0.3, -0.25) is 19.2 Å². The van der Waals surface area contributed by atoms with Crippen LogP contribution < -0.4 is 5.32 Å². The van der Waals surface area contributed by atoms with Crippen molar-refractivity contribution in [3.8, 4) is 0 Å². The van der Waals surface area contributed by atoms with E-state index in [0.29, 0.717) is 13.0 Å². The molecule has 0 fully saturated rings. The summed E-state index contributed by atoms with van der Waals surface area (Å²) in [6.45, 7) is 12.8. The average Bonchev–Trinajstić information content (AvgIpc) is 3.45. The molecule has 2 amide bonds. The number of aliphatic hydroxyl groups excluding tert-OH is 1. The molecule has 0 spiro atoms. The second-order valence-electron chi connectivity index (χ2n) is 12.9. The number of nitrogens with zero attached hydrogens (tertiary/aromatic N) is 1. The maximum absolute atomic E-state index is 13.8. The first-order valence-electron chi connectivity index (χ1n) is 16.3. The predicted octanol–water partition coefficient (Wildman–Crippen LogP) is 5.27. The van der Waals surface area contributed by atoms with E-state index in [-0.39, 0.29) is 57.3 Å². The summed E-state index contributed by atoms with van der Waals surface area (Å²) in [6, 6.07) is 16.5. The van der Waals surface area contributed by atoms with Gasteiger partial charge in [0.25, 0.3) is 0 Å². The van der Waals surface area contributed by atoms with E-state index >= 15 is 0 Å². The third kappa shape index (κ3) is 12.2. The van der Waals surface area contributed by atoms with E-state index < -0.39 is 35.4 Å². The standard InChI is InChI=1S/C38H49N3O7/c1-6-13-28(22-34(43)41(19-20-42)25-27-15-9-8-10-16-27)36(45)40-31(21-30-24-39-33-18-12-11-17-32(30)33)26-47-37(46)29(14-7-2)23-35(44)48-38(3,4)5/h6-12,15-18,24,28-29,31,39,42H,1-2,13-14,19-23,25-26H2,3-5H3,(H,40,45)/t28-,29-,31+/m0/s1. The number of para-hydroxylation sites is 1. The fourth-order valence-electron chi connectivity index (χ4n) is 5.43. The van der Waals surface area contributed by atoms with E-state index in [0.717, 1.165) is 22.0 Å². The molecule has 0 aliphatic carbocycles. The molecule has 3 rings (SSSR count). The first-order chi connectivity index (χ1) is 22.9. The molecule has 3 aromatic rings. The monoisotopic (exact) mass is 659 g/mol. The van der Waals surface area contributed by atoms with Crippen molar-refractivity contribution in [1.82, 2.24) is 15.2 Å². The smallest absolute Gasteiger partial charge is 0.309 e. The van der Waals surface area contributed by atoms with Crippen molar-refractivity contribution in [3.63, 3.8) is 0 Å². The van der Waals surface area contributed by atoms with Gasteiger partial charge in [0, 0.05) is 36.6 Å². The van der Waals surface area contributed by atoms with Crippen LogP contribution in [0.3, 0.4) is 0 Å². The molecule has 3 N–H and O–H groups in total. The molecule has 0 saturated carbocycles. The number of allylic oxidation sites excluding steroid dienone is 2. The van der Waals surface area contributed by atoms with E-state index in [1.807, 2.05) is 60.8 Å². The van der Waals surface area contributed by atoms with Crippen LogP contribution in [0.2, 0.25) is 0 Å². The lowest BCUT2D eigenvalue weighted by Crippen LogP contribution is -2.45. The number of amides is 2. The summed E-state index contributed by atoms with van der Waals surface area (Å²) < 4.78 is 11.1. The van der Waals surface area contributed by atoms with Gasteiger partial charge in [-0.1, -0.05) is 60.7 Å². The number of carbonyl (C=O) groups excluding carboxylic acids is 4. The Bertz CT molecular complexity index is 1530. The molecule has 3 atom stereocenters. The van der Waals surface area contributed by atoms with E-state index in [1.54, 1.807) is 32.9 Å².